The van der Waals surface area contributed by atoms with E-state index in [1.807, 2.05) is 42.5 Å². The number of pyridine rings is 1. The Morgan fingerprint density at radius 2 is 1.84 bits per heavy atom. The van der Waals surface area contributed by atoms with E-state index >= 15 is 0 Å². The molecule has 2 heterocycles. The van der Waals surface area contributed by atoms with E-state index in [0.29, 0.717) is 31.7 Å². The number of imidazole rings is 1. The van der Waals surface area contributed by atoms with Crippen LogP contribution in [0.15, 0.2) is 85.7 Å². The van der Waals surface area contributed by atoms with Gasteiger partial charge in [0.15, 0.2) is 0 Å². The summed E-state index contributed by atoms with van der Waals surface area (Å²) in [7, 11) is 0. The molecule has 0 fully saturated rings. The van der Waals surface area contributed by atoms with Gasteiger partial charge in [0.1, 0.15) is 18.2 Å². The number of nitrogens with zero attached hydrogens (tertiary/aromatic N) is 3. The Kier molecular flexibility index (Phi) is 6.92. The summed E-state index contributed by atoms with van der Waals surface area (Å²) in [5, 5.41) is 2.96. The van der Waals surface area contributed by atoms with Gasteiger partial charge in [0, 0.05) is 30.9 Å². The lowest BCUT2D eigenvalue weighted by molar-refractivity contribution is 0.0953. The van der Waals surface area contributed by atoms with Gasteiger partial charge >= 0.3 is 0 Å². The molecule has 0 atom stereocenters. The molecule has 0 bridgehead atoms. The topological polar surface area (TPSA) is 69.0 Å². The number of aromatic nitrogens is 3. The fourth-order valence-electron chi connectivity index (χ4n) is 3.67. The molecular weight excluding hydrogens is 400 g/mol. The summed E-state index contributed by atoms with van der Waals surface area (Å²) in [4.78, 5) is 21.0. The van der Waals surface area contributed by atoms with Gasteiger partial charge in [-0.3, -0.25) is 9.78 Å². The number of hydrogen-bond acceptors (Lipinski definition) is 4. The highest BCUT2D eigenvalue weighted by Gasteiger charge is 2.12. The zero-order valence-corrected chi connectivity index (χ0v) is 17.9. The van der Waals surface area contributed by atoms with Gasteiger partial charge in [0.25, 0.3) is 5.91 Å². The number of nitrogens with one attached hydrogen (secondary N) is 1. The summed E-state index contributed by atoms with van der Waals surface area (Å²) in [5.74, 6) is 1.68. The van der Waals surface area contributed by atoms with E-state index in [9.17, 15) is 4.79 Å². The Hall–Kier alpha value is -3.93. The van der Waals surface area contributed by atoms with Crippen LogP contribution in [0.25, 0.3) is 11.0 Å². The number of para-hydroxylation sites is 3. The van der Waals surface area contributed by atoms with Crippen molar-refractivity contribution in [1.82, 2.24) is 19.9 Å². The van der Waals surface area contributed by atoms with Crippen molar-refractivity contribution in [3.8, 4) is 5.75 Å². The molecule has 0 saturated heterocycles. The maximum absolute atomic E-state index is 12.3. The van der Waals surface area contributed by atoms with Crippen LogP contribution in [0.3, 0.4) is 0 Å². The van der Waals surface area contributed by atoms with Gasteiger partial charge in [-0.2, -0.15) is 0 Å². The molecule has 0 unspecified atom stereocenters. The fourth-order valence-corrected chi connectivity index (χ4v) is 3.67. The third kappa shape index (κ3) is 5.03. The number of hydrogen-bond donors (Lipinski definition) is 1. The van der Waals surface area contributed by atoms with E-state index in [2.05, 4.69) is 33.6 Å². The summed E-state index contributed by atoms with van der Waals surface area (Å²) < 4.78 is 8.27. The van der Waals surface area contributed by atoms with Gasteiger partial charge < -0.3 is 14.6 Å². The van der Waals surface area contributed by atoms with Crippen molar-refractivity contribution >= 4 is 16.9 Å². The van der Waals surface area contributed by atoms with Crippen LogP contribution in [-0.4, -0.2) is 33.6 Å². The number of benzene rings is 2. The molecule has 1 N–H and O–H groups in total. The molecule has 2 aromatic carbocycles. The summed E-state index contributed by atoms with van der Waals surface area (Å²) in [6.07, 6.45) is 6.50. The average Bonchev–Trinajstić information content (AvgIpc) is 3.18. The van der Waals surface area contributed by atoms with Gasteiger partial charge in [0.05, 0.1) is 17.6 Å². The fraction of sp³-hybridized carbons (Fsp3) is 0.192. The van der Waals surface area contributed by atoms with E-state index in [1.54, 1.807) is 24.5 Å². The smallest absolute Gasteiger partial charge is 0.251 e. The number of allylic oxidation sites excluding steroid dienone is 1. The largest absolute Gasteiger partial charge is 0.491 e. The molecule has 4 aromatic rings. The average molecular weight is 427 g/mol. The van der Waals surface area contributed by atoms with Crippen molar-refractivity contribution < 1.29 is 9.53 Å². The van der Waals surface area contributed by atoms with Crippen LogP contribution in [0.5, 0.6) is 5.75 Å². The van der Waals surface area contributed by atoms with Crippen LogP contribution in [-0.2, 0) is 19.4 Å². The molecule has 0 spiro atoms. The number of rotatable bonds is 10. The van der Waals surface area contributed by atoms with Crippen molar-refractivity contribution in [1.29, 1.82) is 0 Å². The van der Waals surface area contributed by atoms with Crippen LogP contribution in [0, 0.1) is 0 Å². The first-order valence-electron chi connectivity index (χ1n) is 10.7. The summed E-state index contributed by atoms with van der Waals surface area (Å²) >= 11 is 0. The molecule has 0 saturated carbocycles. The highest BCUT2D eigenvalue weighted by Crippen LogP contribution is 2.20. The Labute approximate surface area is 187 Å². The van der Waals surface area contributed by atoms with E-state index in [1.165, 1.54) is 0 Å². The number of ether oxygens (including phenoxy) is 1. The second-order valence-electron chi connectivity index (χ2n) is 7.36. The first kappa shape index (κ1) is 21.3. The Balaban J connectivity index is 1.43. The molecule has 4 rings (SSSR count). The number of amides is 1. The van der Waals surface area contributed by atoms with Crippen LogP contribution in [0.4, 0.5) is 0 Å². The van der Waals surface area contributed by atoms with Crippen molar-refractivity contribution in [3.05, 3.63) is 103 Å². The first-order valence-corrected chi connectivity index (χ1v) is 10.7. The SMILES string of the molecule is C=CCc1ccccc1OCCn1c(CCNC(=O)c2ccncc2)nc2ccccc21. The quantitative estimate of drug-likeness (QED) is 0.386. The Bertz CT molecular complexity index is 1200. The molecule has 162 valence electrons. The minimum absolute atomic E-state index is 0.114. The minimum atomic E-state index is -0.114. The van der Waals surface area contributed by atoms with Crippen LogP contribution in [0.1, 0.15) is 21.7 Å². The molecule has 32 heavy (non-hydrogen) atoms. The molecule has 0 aliphatic rings. The molecule has 1 amide bonds. The Morgan fingerprint density at radius 3 is 2.69 bits per heavy atom. The van der Waals surface area contributed by atoms with E-state index < -0.39 is 0 Å². The van der Waals surface area contributed by atoms with Gasteiger partial charge in [0.2, 0.25) is 0 Å². The standard InChI is InChI=1S/C26H26N4O2/c1-2-7-20-8-3-6-11-24(20)32-19-18-30-23-10-5-4-9-22(23)29-25(30)14-17-28-26(31)21-12-15-27-16-13-21/h2-6,8-13,15-16H,1,7,14,17-19H2,(H,28,31). The lowest BCUT2D eigenvalue weighted by Crippen LogP contribution is -2.26. The second-order valence-corrected chi connectivity index (χ2v) is 7.36. The zero-order valence-electron chi connectivity index (χ0n) is 17.9. The van der Waals surface area contributed by atoms with Crippen LogP contribution >= 0.6 is 0 Å². The van der Waals surface area contributed by atoms with Crippen LogP contribution < -0.4 is 10.1 Å². The second kappa shape index (κ2) is 10.4. The molecule has 0 aliphatic heterocycles. The highest BCUT2D eigenvalue weighted by atomic mass is 16.5. The molecule has 0 aliphatic carbocycles. The predicted octanol–water partition coefficient (Wildman–Crippen LogP) is 4.21. The van der Waals surface area contributed by atoms with E-state index in [-0.39, 0.29) is 5.91 Å². The molecule has 6 nitrogen and oxygen atoms in total. The minimum Gasteiger partial charge on any atom is -0.491 e. The first-order chi connectivity index (χ1) is 15.8. The molecular formula is C26H26N4O2. The summed E-state index contributed by atoms with van der Waals surface area (Å²) in [5.41, 5.74) is 3.72. The van der Waals surface area contributed by atoms with Gasteiger partial charge in [-0.25, -0.2) is 4.98 Å². The number of carbonyl (C=O) groups is 1. The third-order valence-electron chi connectivity index (χ3n) is 5.22. The summed E-state index contributed by atoms with van der Waals surface area (Å²) in [6, 6.07) is 19.5. The number of fused-ring (bicyclic) bond motifs is 1. The zero-order chi connectivity index (χ0) is 22.2. The third-order valence-corrected chi connectivity index (χ3v) is 5.22. The Morgan fingerprint density at radius 1 is 1.06 bits per heavy atom. The molecule has 2 aromatic heterocycles. The maximum Gasteiger partial charge on any atom is 0.251 e. The van der Waals surface area contributed by atoms with E-state index in [4.69, 9.17) is 9.72 Å². The van der Waals surface area contributed by atoms with Crippen LogP contribution in [0.2, 0.25) is 0 Å². The van der Waals surface area contributed by atoms with Gasteiger partial charge in [-0.15, -0.1) is 6.58 Å². The van der Waals surface area contributed by atoms with Crippen molar-refractivity contribution in [2.75, 3.05) is 13.2 Å². The lowest BCUT2D eigenvalue weighted by atomic mass is 10.1. The van der Waals surface area contributed by atoms with Crippen molar-refractivity contribution in [2.45, 2.75) is 19.4 Å². The van der Waals surface area contributed by atoms with E-state index in [0.717, 1.165) is 34.6 Å². The maximum atomic E-state index is 12.3. The molecule has 6 heteroatoms. The number of carbonyl (C=O) groups excluding carboxylic acids is 1. The highest BCUT2D eigenvalue weighted by molar-refractivity contribution is 5.93. The van der Waals surface area contributed by atoms with Gasteiger partial charge in [-0.05, 0) is 42.3 Å². The monoisotopic (exact) mass is 426 g/mol. The predicted molar refractivity (Wildman–Crippen MR) is 126 cm³/mol. The summed E-state index contributed by atoms with van der Waals surface area (Å²) in [6.45, 7) is 5.50. The van der Waals surface area contributed by atoms with Gasteiger partial charge in [-0.1, -0.05) is 36.4 Å². The van der Waals surface area contributed by atoms with Crippen molar-refractivity contribution in [3.63, 3.8) is 0 Å². The van der Waals surface area contributed by atoms with Crippen molar-refractivity contribution in [2.24, 2.45) is 0 Å². The normalized spacial score (nSPS) is 10.8. The lowest BCUT2D eigenvalue weighted by Gasteiger charge is -2.13. The molecule has 0 radical (unpaired) electrons.